The third-order valence-corrected chi connectivity index (χ3v) is 3.54. The molecule has 0 aromatic carbocycles. The summed E-state index contributed by atoms with van der Waals surface area (Å²) in [5, 5.41) is 8.99. The third kappa shape index (κ3) is 1.80. The molecule has 1 unspecified atom stereocenters. The number of hydrogen-bond donors (Lipinski definition) is 1. The molecular weight excluding hydrogens is 260 g/mol. The highest BCUT2D eigenvalue weighted by atomic mass is 79.9. The van der Waals surface area contributed by atoms with Crippen molar-refractivity contribution in [2.75, 3.05) is 0 Å². The zero-order valence-corrected chi connectivity index (χ0v) is 10.1. The maximum absolute atomic E-state index is 10.9. The number of hydrogen-bond acceptors (Lipinski definition) is 2. The SMILES string of the molecule is CCc1nc(Br)n2c1CC(C(=O)O)CC2. The molecule has 0 radical (unpaired) electrons. The van der Waals surface area contributed by atoms with E-state index in [-0.39, 0.29) is 5.92 Å². The number of aliphatic carboxylic acids is 1. The van der Waals surface area contributed by atoms with Crippen molar-refractivity contribution in [1.82, 2.24) is 9.55 Å². The van der Waals surface area contributed by atoms with E-state index in [1.54, 1.807) is 0 Å². The Morgan fingerprint density at radius 3 is 3.07 bits per heavy atom. The lowest BCUT2D eigenvalue weighted by atomic mass is 9.95. The summed E-state index contributed by atoms with van der Waals surface area (Å²) in [6, 6.07) is 0. The smallest absolute Gasteiger partial charge is 0.306 e. The molecule has 2 rings (SSSR count). The molecule has 2 heterocycles. The predicted octanol–water partition coefficient (Wildman–Crippen LogP) is 1.85. The van der Waals surface area contributed by atoms with Crippen molar-refractivity contribution in [2.24, 2.45) is 5.92 Å². The monoisotopic (exact) mass is 272 g/mol. The van der Waals surface area contributed by atoms with Crippen LogP contribution < -0.4 is 0 Å². The van der Waals surface area contributed by atoms with Gasteiger partial charge in [-0.25, -0.2) is 4.98 Å². The largest absolute Gasteiger partial charge is 0.481 e. The third-order valence-electron chi connectivity index (χ3n) is 2.93. The van der Waals surface area contributed by atoms with Crippen LogP contribution in [0.4, 0.5) is 0 Å². The number of carboxylic acids is 1. The molecule has 0 spiro atoms. The van der Waals surface area contributed by atoms with Crippen LogP contribution in [-0.4, -0.2) is 20.6 Å². The number of aromatic nitrogens is 2. The Kier molecular flexibility index (Phi) is 2.82. The van der Waals surface area contributed by atoms with Crippen molar-refractivity contribution in [2.45, 2.75) is 32.7 Å². The Bertz CT molecular complexity index is 400. The average molecular weight is 273 g/mol. The van der Waals surface area contributed by atoms with Crippen LogP contribution in [0.3, 0.4) is 0 Å². The van der Waals surface area contributed by atoms with Crippen molar-refractivity contribution in [1.29, 1.82) is 0 Å². The minimum Gasteiger partial charge on any atom is -0.481 e. The molecule has 1 aromatic heterocycles. The molecule has 0 fully saturated rings. The first-order valence-corrected chi connectivity index (χ1v) is 5.89. The Hall–Kier alpha value is -0.840. The first-order valence-electron chi connectivity index (χ1n) is 5.10. The fourth-order valence-corrected chi connectivity index (χ4v) is 2.68. The molecule has 5 heteroatoms. The second-order valence-corrected chi connectivity index (χ2v) is 4.52. The molecule has 1 aliphatic heterocycles. The van der Waals surface area contributed by atoms with E-state index in [0.29, 0.717) is 12.8 Å². The summed E-state index contributed by atoms with van der Waals surface area (Å²) in [4.78, 5) is 15.3. The van der Waals surface area contributed by atoms with Gasteiger partial charge in [-0.3, -0.25) is 4.79 Å². The molecule has 0 saturated heterocycles. The second-order valence-electron chi connectivity index (χ2n) is 3.81. The zero-order valence-electron chi connectivity index (χ0n) is 8.53. The summed E-state index contributed by atoms with van der Waals surface area (Å²) in [6.45, 7) is 2.79. The van der Waals surface area contributed by atoms with Gasteiger partial charge in [0, 0.05) is 18.7 Å². The molecule has 4 nitrogen and oxygen atoms in total. The van der Waals surface area contributed by atoms with Crippen LogP contribution in [0.25, 0.3) is 0 Å². The van der Waals surface area contributed by atoms with Gasteiger partial charge in [-0.1, -0.05) is 6.92 Å². The van der Waals surface area contributed by atoms with E-state index in [1.807, 2.05) is 6.92 Å². The van der Waals surface area contributed by atoms with Gasteiger partial charge in [0.2, 0.25) is 0 Å². The van der Waals surface area contributed by atoms with Gasteiger partial charge >= 0.3 is 5.97 Å². The van der Waals surface area contributed by atoms with Gasteiger partial charge in [0.25, 0.3) is 0 Å². The van der Waals surface area contributed by atoms with Gasteiger partial charge < -0.3 is 9.67 Å². The molecular formula is C10H13BrN2O2. The number of aryl methyl sites for hydroxylation is 1. The van der Waals surface area contributed by atoms with E-state index in [2.05, 4.69) is 25.5 Å². The van der Waals surface area contributed by atoms with Crippen molar-refractivity contribution in [3.05, 3.63) is 16.1 Å². The maximum Gasteiger partial charge on any atom is 0.306 e. The molecule has 1 N–H and O–H groups in total. The van der Waals surface area contributed by atoms with Gasteiger partial charge in [0.15, 0.2) is 4.73 Å². The summed E-state index contributed by atoms with van der Waals surface area (Å²) in [7, 11) is 0. The Morgan fingerprint density at radius 1 is 1.73 bits per heavy atom. The normalized spacial score (nSPS) is 20.0. The summed E-state index contributed by atoms with van der Waals surface area (Å²) < 4.78 is 2.91. The first-order chi connectivity index (χ1) is 7.13. The Morgan fingerprint density at radius 2 is 2.47 bits per heavy atom. The lowest BCUT2D eigenvalue weighted by Crippen LogP contribution is -2.25. The van der Waals surface area contributed by atoms with Crippen molar-refractivity contribution in [3.8, 4) is 0 Å². The molecule has 0 amide bonds. The number of carboxylic acid groups (broad SMARTS) is 1. The number of halogens is 1. The summed E-state index contributed by atoms with van der Waals surface area (Å²) in [5.74, 6) is -0.938. The molecule has 0 saturated carbocycles. The minimum atomic E-state index is -0.694. The summed E-state index contributed by atoms with van der Waals surface area (Å²) in [6.07, 6.45) is 2.16. The van der Waals surface area contributed by atoms with Crippen LogP contribution in [0.1, 0.15) is 24.7 Å². The topological polar surface area (TPSA) is 55.1 Å². The lowest BCUT2D eigenvalue weighted by molar-refractivity contribution is -0.142. The number of rotatable bonds is 2. The highest BCUT2D eigenvalue weighted by molar-refractivity contribution is 9.10. The number of carbonyl (C=O) groups is 1. The molecule has 1 aromatic rings. The van der Waals surface area contributed by atoms with Gasteiger partial charge in [-0.2, -0.15) is 0 Å². The van der Waals surface area contributed by atoms with E-state index < -0.39 is 5.97 Å². The average Bonchev–Trinajstić information content (AvgIpc) is 2.55. The minimum absolute atomic E-state index is 0.244. The van der Waals surface area contributed by atoms with Gasteiger partial charge in [-0.15, -0.1) is 0 Å². The molecule has 0 aliphatic carbocycles. The molecule has 0 bridgehead atoms. The van der Waals surface area contributed by atoms with E-state index in [0.717, 1.165) is 29.1 Å². The summed E-state index contributed by atoms with van der Waals surface area (Å²) in [5.41, 5.74) is 2.11. The maximum atomic E-state index is 10.9. The van der Waals surface area contributed by atoms with Crippen LogP contribution in [-0.2, 0) is 24.2 Å². The van der Waals surface area contributed by atoms with Crippen LogP contribution in [0, 0.1) is 5.92 Å². The number of imidazole rings is 1. The number of fused-ring (bicyclic) bond motifs is 1. The van der Waals surface area contributed by atoms with E-state index >= 15 is 0 Å². The first kappa shape index (κ1) is 10.7. The fourth-order valence-electron chi connectivity index (χ4n) is 2.07. The van der Waals surface area contributed by atoms with Crippen molar-refractivity contribution >= 4 is 21.9 Å². The fraction of sp³-hybridized carbons (Fsp3) is 0.600. The van der Waals surface area contributed by atoms with Crippen LogP contribution in [0.5, 0.6) is 0 Å². The summed E-state index contributed by atoms with van der Waals surface area (Å²) >= 11 is 3.41. The van der Waals surface area contributed by atoms with Crippen LogP contribution in [0.15, 0.2) is 4.73 Å². The Labute approximate surface area is 96.4 Å². The standard InChI is InChI=1S/C10H13BrN2O2/c1-2-7-8-5-6(9(14)15)3-4-13(8)10(11)12-7/h6H,2-5H2,1H3,(H,14,15). The molecule has 15 heavy (non-hydrogen) atoms. The molecule has 1 atom stereocenters. The van der Waals surface area contributed by atoms with Crippen LogP contribution >= 0.6 is 15.9 Å². The van der Waals surface area contributed by atoms with E-state index in [9.17, 15) is 4.79 Å². The lowest BCUT2D eigenvalue weighted by Gasteiger charge is -2.21. The zero-order chi connectivity index (χ0) is 11.0. The van der Waals surface area contributed by atoms with Gasteiger partial charge in [-0.05, 0) is 28.8 Å². The van der Waals surface area contributed by atoms with Crippen molar-refractivity contribution < 1.29 is 9.90 Å². The molecule has 1 aliphatic rings. The molecule has 82 valence electrons. The number of nitrogens with zero attached hydrogens (tertiary/aromatic N) is 2. The highest BCUT2D eigenvalue weighted by Crippen LogP contribution is 2.27. The predicted molar refractivity (Wildman–Crippen MR) is 58.8 cm³/mol. The quantitative estimate of drug-likeness (QED) is 0.894. The van der Waals surface area contributed by atoms with Crippen molar-refractivity contribution in [3.63, 3.8) is 0 Å². The van der Waals surface area contributed by atoms with Gasteiger partial charge in [0.05, 0.1) is 11.6 Å². The highest BCUT2D eigenvalue weighted by Gasteiger charge is 2.27. The van der Waals surface area contributed by atoms with E-state index in [1.165, 1.54) is 0 Å². The van der Waals surface area contributed by atoms with Crippen LogP contribution in [0.2, 0.25) is 0 Å². The van der Waals surface area contributed by atoms with Gasteiger partial charge in [0.1, 0.15) is 0 Å². The Balaban J connectivity index is 2.35. The second kappa shape index (κ2) is 3.96. The van der Waals surface area contributed by atoms with E-state index in [4.69, 9.17) is 5.11 Å².